The molecule has 0 aromatic carbocycles. The lowest BCUT2D eigenvalue weighted by Crippen LogP contribution is -2.16. The first-order valence-corrected chi connectivity index (χ1v) is 6.13. The van der Waals surface area contributed by atoms with Gasteiger partial charge >= 0.3 is 0 Å². The molecule has 0 aliphatic carbocycles. The zero-order valence-electron chi connectivity index (χ0n) is 9.55. The highest BCUT2D eigenvalue weighted by atomic mass is 32.1. The Labute approximate surface area is 104 Å². The van der Waals surface area contributed by atoms with Crippen molar-refractivity contribution in [2.24, 2.45) is 7.05 Å². The third kappa shape index (κ3) is 3.37. The Morgan fingerprint density at radius 3 is 3.06 bits per heavy atom. The lowest BCUT2D eigenvalue weighted by molar-refractivity contribution is 0.665. The lowest BCUT2D eigenvalue weighted by atomic mass is 10.4. The summed E-state index contributed by atoms with van der Waals surface area (Å²) in [6.45, 7) is 1.63. The van der Waals surface area contributed by atoms with Crippen LogP contribution in [0, 0.1) is 11.3 Å². The Kier molecular flexibility index (Phi) is 3.85. The summed E-state index contributed by atoms with van der Waals surface area (Å²) in [5, 5.41) is 16.2. The van der Waals surface area contributed by atoms with E-state index in [0.717, 1.165) is 30.2 Å². The van der Waals surface area contributed by atoms with Crippen LogP contribution in [0.2, 0.25) is 0 Å². The maximum absolute atomic E-state index is 8.69. The van der Waals surface area contributed by atoms with Crippen molar-refractivity contribution in [2.45, 2.75) is 13.0 Å². The van der Waals surface area contributed by atoms with Crippen molar-refractivity contribution in [3.05, 3.63) is 34.0 Å². The van der Waals surface area contributed by atoms with Crippen molar-refractivity contribution in [1.82, 2.24) is 20.1 Å². The van der Waals surface area contributed by atoms with E-state index >= 15 is 0 Å². The van der Waals surface area contributed by atoms with Gasteiger partial charge in [0, 0.05) is 31.4 Å². The molecule has 2 aromatic heterocycles. The molecule has 17 heavy (non-hydrogen) atoms. The zero-order chi connectivity index (χ0) is 12.1. The van der Waals surface area contributed by atoms with Gasteiger partial charge in [0.1, 0.15) is 17.3 Å². The third-order valence-electron chi connectivity index (χ3n) is 2.24. The molecular weight excluding hydrogens is 234 g/mol. The van der Waals surface area contributed by atoms with Gasteiger partial charge < -0.3 is 5.32 Å². The largest absolute Gasteiger partial charge is 0.311 e. The molecule has 1 N–H and O–H groups in total. The van der Waals surface area contributed by atoms with Crippen LogP contribution in [0.5, 0.6) is 0 Å². The molecule has 2 heterocycles. The minimum absolute atomic E-state index is 0.758. The average Bonchev–Trinajstić information content (AvgIpc) is 2.93. The van der Waals surface area contributed by atoms with E-state index in [1.165, 1.54) is 16.2 Å². The standard InChI is InChI=1S/C11H13N5S/c1-16-8-14-11(15-16)4-5-13-7-10-3-2-9(6-12)17-10/h2-3,8,13H,4-5,7H2,1H3. The number of hydrogen-bond acceptors (Lipinski definition) is 5. The highest BCUT2D eigenvalue weighted by Gasteiger charge is 2.00. The van der Waals surface area contributed by atoms with Gasteiger partial charge in [0.15, 0.2) is 5.82 Å². The van der Waals surface area contributed by atoms with Gasteiger partial charge in [0.2, 0.25) is 0 Å². The first-order chi connectivity index (χ1) is 8.28. The van der Waals surface area contributed by atoms with E-state index in [0.29, 0.717) is 0 Å². The SMILES string of the molecule is Cn1cnc(CCNCc2ccc(C#N)s2)n1. The van der Waals surface area contributed by atoms with Gasteiger partial charge in [-0.15, -0.1) is 11.3 Å². The summed E-state index contributed by atoms with van der Waals surface area (Å²) in [5.41, 5.74) is 0. The first-order valence-electron chi connectivity index (χ1n) is 5.32. The second-order valence-electron chi connectivity index (χ2n) is 3.64. The summed E-state index contributed by atoms with van der Waals surface area (Å²) >= 11 is 1.52. The van der Waals surface area contributed by atoms with Gasteiger partial charge in [-0.3, -0.25) is 4.68 Å². The minimum Gasteiger partial charge on any atom is -0.311 e. The van der Waals surface area contributed by atoms with Gasteiger partial charge in [0.25, 0.3) is 0 Å². The van der Waals surface area contributed by atoms with E-state index in [1.807, 2.05) is 19.2 Å². The number of hydrogen-bond donors (Lipinski definition) is 1. The number of thiophene rings is 1. The second-order valence-corrected chi connectivity index (χ2v) is 4.81. The van der Waals surface area contributed by atoms with Crippen molar-refractivity contribution in [1.29, 1.82) is 5.26 Å². The van der Waals surface area contributed by atoms with Crippen molar-refractivity contribution in [3.8, 4) is 6.07 Å². The fourth-order valence-corrected chi connectivity index (χ4v) is 2.22. The zero-order valence-corrected chi connectivity index (χ0v) is 10.4. The number of nitrogens with one attached hydrogen (secondary N) is 1. The van der Waals surface area contributed by atoms with Crippen molar-refractivity contribution >= 4 is 11.3 Å². The van der Waals surface area contributed by atoms with Gasteiger partial charge in [-0.1, -0.05) is 0 Å². The summed E-state index contributed by atoms with van der Waals surface area (Å²) in [6.07, 6.45) is 2.52. The van der Waals surface area contributed by atoms with Crippen LogP contribution in [0.1, 0.15) is 15.6 Å². The lowest BCUT2D eigenvalue weighted by Gasteiger charge is -1.99. The van der Waals surface area contributed by atoms with Gasteiger partial charge in [-0.2, -0.15) is 10.4 Å². The Balaban J connectivity index is 1.71. The maximum Gasteiger partial charge on any atom is 0.151 e. The van der Waals surface area contributed by atoms with E-state index in [1.54, 1.807) is 11.0 Å². The number of rotatable bonds is 5. The number of nitriles is 1. The van der Waals surface area contributed by atoms with Gasteiger partial charge in [0.05, 0.1) is 0 Å². The predicted molar refractivity (Wildman–Crippen MR) is 65.4 cm³/mol. The minimum atomic E-state index is 0.758. The molecule has 0 saturated heterocycles. The number of aromatic nitrogens is 3. The maximum atomic E-state index is 8.69. The Bertz CT molecular complexity index is 522. The predicted octanol–water partition coefficient (Wildman–Crippen LogP) is 1.08. The molecule has 0 aliphatic heterocycles. The Hall–Kier alpha value is -1.71. The van der Waals surface area contributed by atoms with Crippen LogP contribution in [0.25, 0.3) is 0 Å². The highest BCUT2D eigenvalue weighted by molar-refractivity contribution is 7.12. The Morgan fingerprint density at radius 2 is 2.41 bits per heavy atom. The monoisotopic (exact) mass is 247 g/mol. The van der Waals surface area contributed by atoms with Crippen LogP contribution in [-0.4, -0.2) is 21.3 Å². The van der Waals surface area contributed by atoms with E-state index < -0.39 is 0 Å². The second kappa shape index (κ2) is 5.57. The molecule has 0 amide bonds. The molecule has 88 valence electrons. The average molecular weight is 247 g/mol. The molecule has 0 aliphatic rings. The van der Waals surface area contributed by atoms with Crippen LogP contribution in [0.4, 0.5) is 0 Å². The molecule has 6 heteroatoms. The van der Waals surface area contributed by atoms with Crippen molar-refractivity contribution in [2.75, 3.05) is 6.54 Å². The molecule has 0 bridgehead atoms. The Morgan fingerprint density at radius 1 is 1.53 bits per heavy atom. The van der Waals surface area contributed by atoms with Gasteiger partial charge in [-0.25, -0.2) is 4.98 Å². The van der Waals surface area contributed by atoms with Crippen LogP contribution in [0.15, 0.2) is 18.5 Å². The van der Waals surface area contributed by atoms with Crippen LogP contribution >= 0.6 is 11.3 Å². The first kappa shape index (κ1) is 11.8. The smallest absolute Gasteiger partial charge is 0.151 e. The summed E-state index contributed by atoms with van der Waals surface area (Å²) in [7, 11) is 1.86. The quantitative estimate of drug-likeness (QED) is 0.803. The molecule has 0 atom stereocenters. The summed E-state index contributed by atoms with van der Waals surface area (Å²) in [6, 6.07) is 5.96. The van der Waals surface area contributed by atoms with Gasteiger partial charge in [-0.05, 0) is 12.1 Å². The topological polar surface area (TPSA) is 66.5 Å². The normalized spacial score (nSPS) is 10.4. The molecule has 5 nitrogen and oxygen atoms in total. The highest BCUT2D eigenvalue weighted by Crippen LogP contribution is 2.14. The molecular formula is C11H13N5S. The van der Waals surface area contributed by atoms with Crippen molar-refractivity contribution in [3.63, 3.8) is 0 Å². The summed E-state index contributed by atoms with van der Waals surface area (Å²) < 4.78 is 1.70. The van der Waals surface area contributed by atoms with Crippen molar-refractivity contribution < 1.29 is 0 Å². The molecule has 0 fully saturated rings. The van der Waals surface area contributed by atoms with E-state index in [4.69, 9.17) is 5.26 Å². The number of aryl methyl sites for hydroxylation is 1. The molecule has 0 saturated carbocycles. The molecule has 0 spiro atoms. The fourth-order valence-electron chi connectivity index (χ4n) is 1.44. The van der Waals surface area contributed by atoms with E-state index in [-0.39, 0.29) is 0 Å². The summed E-state index contributed by atoms with van der Waals surface area (Å²) in [5.74, 6) is 0.851. The summed E-state index contributed by atoms with van der Waals surface area (Å²) in [4.78, 5) is 6.08. The molecule has 0 radical (unpaired) electrons. The van der Waals surface area contributed by atoms with Crippen LogP contribution in [-0.2, 0) is 20.0 Å². The third-order valence-corrected chi connectivity index (χ3v) is 3.23. The molecule has 0 unspecified atom stereocenters. The van der Waals surface area contributed by atoms with E-state index in [9.17, 15) is 0 Å². The number of nitrogens with zero attached hydrogens (tertiary/aromatic N) is 4. The molecule has 2 rings (SSSR count). The fraction of sp³-hybridized carbons (Fsp3) is 0.364. The van der Waals surface area contributed by atoms with Crippen LogP contribution < -0.4 is 5.32 Å². The van der Waals surface area contributed by atoms with E-state index in [2.05, 4.69) is 21.5 Å². The molecule has 2 aromatic rings. The van der Waals surface area contributed by atoms with Crippen LogP contribution in [0.3, 0.4) is 0 Å².